The quantitative estimate of drug-likeness (QED) is 0.259. The van der Waals surface area contributed by atoms with Crippen molar-refractivity contribution in [1.29, 1.82) is 0 Å². The fourth-order valence-corrected chi connectivity index (χ4v) is 3.06. The number of nitrogens with zero attached hydrogens (tertiary/aromatic N) is 3. The first kappa shape index (κ1) is 22.2. The van der Waals surface area contributed by atoms with Crippen LogP contribution in [0, 0.1) is 0 Å². The van der Waals surface area contributed by atoms with Gasteiger partial charge in [-0.1, -0.05) is 11.6 Å². The molecule has 0 amide bonds. The van der Waals surface area contributed by atoms with E-state index in [0.29, 0.717) is 11.1 Å². The molecule has 2 rings (SSSR count). The molecule has 8 heteroatoms. The van der Waals surface area contributed by atoms with Crippen molar-refractivity contribution in [3.63, 3.8) is 0 Å². The van der Waals surface area contributed by atoms with Gasteiger partial charge < -0.3 is 20.3 Å². The van der Waals surface area contributed by atoms with E-state index >= 15 is 0 Å². The molecule has 142 valence electrons. The summed E-state index contributed by atoms with van der Waals surface area (Å²) in [5, 5.41) is 7.57. The Kier molecular flexibility index (Phi) is 11.2. The molecule has 0 spiro atoms. The first-order valence-corrected chi connectivity index (χ1v) is 8.94. The number of anilines is 1. The van der Waals surface area contributed by atoms with Crippen molar-refractivity contribution in [2.75, 3.05) is 45.3 Å². The maximum absolute atomic E-state index is 6.24. The molecule has 0 radical (unpaired) electrons. The summed E-state index contributed by atoms with van der Waals surface area (Å²) >= 11 is 6.24. The van der Waals surface area contributed by atoms with Crippen molar-refractivity contribution >= 4 is 47.4 Å². The fourth-order valence-electron chi connectivity index (χ4n) is 2.82. The summed E-state index contributed by atoms with van der Waals surface area (Å²) in [7, 11) is 3.55. The Hall–Kier alpha value is -0.800. The van der Waals surface area contributed by atoms with E-state index in [9.17, 15) is 0 Å². The third-order valence-corrected chi connectivity index (χ3v) is 4.40. The summed E-state index contributed by atoms with van der Waals surface area (Å²) in [4.78, 5) is 10.9. The Morgan fingerprint density at radius 1 is 1.44 bits per heavy atom. The molecule has 2 heterocycles. The third kappa shape index (κ3) is 7.53. The Labute approximate surface area is 172 Å². The van der Waals surface area contributed by atoms with Crippen LogP contribution in [0.1, 0.15) is 25.7 Å². The number of ether oxygens (including phenoxy) is 1. The number of methoxy groups -OCH3 is 1. The van der Waals surface area contributed by atoms with Gasteiger partial charge in [-0.25, -0.2) is 4.98 Å². The molecule has 1 aliphatic heterocycles. The molecule has 1 saturated heterocycles. The van der Waals surface area contributed by atoms with Gasteiger partial charge in [-0.2, -0.15) is 0 Å². The average Bonchev–Trinajstić information content (AvgIpc) is 3.05. The molecule has 1 unspecified atom stereocenters. The van der Waals surface area contributed by atoms with Crippen molar-refractivity contribution in [3.8, 4) is 0 Å². The Morgan fingerprint density at radius 2 is 2.28 bits per heavy atom. The van der Waals surface area contributed by atoms with Crippen molar-refractivity contribution < 1.29 is 4.74 Å². The predicted octanol–water partition coefficient (Wildman–Crippen LogP) is 2.91. The van der Waals surface area contributed by atoms with Gasteiger partial charge in [0, 0.05) is 52.6 Å². The van der Waals surface area contributed by atoms with Crippen LogP contribution < -0.4 is 15.5 Å². The highest BCUT2D eigenvalue weighted by Crippen LogP contribution is 2.25. The van der Waals surface area contributed by atoms with Crippen LogP contribution in [-0.2, 0) is 4.74 Å². The van der Waals surface area contributed by atoms with Gasteiger partial charge in [-0.05, 0) is 37.8 Å². The summed E-state index contributed by atoms with van der Waals surface area (Å²) in [6, 6.07) is 4.09. The maximum Gasteiger partial charge on any atom is 0.191 e. The summed E-state index contributed by atoms with van der Waals surface area (Å²) in [5.74, 6) is 1.73. The predicted molar refractivity (Wildman–Crippen MR) is 116 cm³/mol. The summed E-state index contributed by atoms with van der Waals surface area (Å²) in [6.45, 7) is 3.58. The number of nitrogens with one attached hydrogen (secondary N) is 2. The topological polar surface area (TPSA) is 61.8 Å². The number of hydrogen-bond acceptors (Lipinski definition) is 4. The molecule has 0 saturated carbocycles. The highest BCUT2D eigenvalue weighted by molar-refractivity contribution is 14.0. The van der Waals surface area contributed by atoms with Crippen molar-refractivity contribution in [1.82, 2.24) is 15.6 Å². The lowest BCUT2D eigenvalue weighted by molar-refractivity contribution is 0.192. The van der Waals surface area contributed by atoms with Crippen LogP contribution in [0.5, 0.6) is 0 Å². The molecule has 6 nitrogen and oxygen atoms in total. The monoisotopic (exact) mass is 481 g/mol. The Morgan fingerprint density at radius 3 is 3.00 bits per heavy atom. The van der Waals surface area contributed by atoms with Gasteiger partial charge >= 0.3 is 0 Å². The normalized spacial score (nSPS) is 17.3. The highest BCUT2D eigenvalue weighted by atomic mass is 127. The van der Waals surface area contributed by atoms with Crippen LogP contribution in [0.15, 0.2) is 23.3 Å². The van der Waals surface area contributed by atoms with Gasteiger partial charge in [0.2, 0.25) is 0 Å². The van der Waals surface area contributed by atoms with E-state index in [0.717, 1.165) is 63.7 Å². The lowest BCUT2D eigenvalue weighted by atomic mass is 10.2. The largest absolute Gasteiger partial charge is 0.385 e. The molecule has 0 aliphatic carbocycles. The van der Waals surface area contributed by atoms with Gasteiger partial charge in [0.15, 0.2) is 5.96 Å². The molecule has 25 heavy (non-hydrogen) atoms. The van der Waals surface area contributed by atoms with Crippen LogP contribution in [0.3, 0.4) is 0 Å². The molecule has 1 aromatic rings. The van der Waals surface area contributed by atoms with Crippen molar-refractivity contribution in [2.45, 2.75) is 31.7 Å². The number of pyridine rings is 1. The number of halogens is 2. The van der Waals surface area contributed by atoms with Gasteiger partial charge in [0.25, 0.3) is 0 Å². The van der Waals surface area contributed by atoms with Crippen LogP contribution in [-0.4, -0.2) is 57.4 Å². The number of aromatic nitrogens is 1. The van der Waals surface area contributed by atoms with Crippen LogP contribution in [0.2, 0.25) is 5.02 Å². The van der Waals surface area contributed by atoms with Crippen molar-refractivity contribution in [3.05, 3.63) is 23.4 Å². The van der Waals surface area contributed by atoms with Crippen LogP contribution in [0.4, 0.5) is 5.82 Å². The second-order valence-electron chi connectivity index (χ2n) is 5.94. The van der Waals surface area contributed by atoms with Gasteiger partial charge in [0.05, 0.1) is 5.02 Å². The third-order valence-electron chi connectivity index (χ3n) is 4.11. The molecule has 0 aromatic carbocycles. The minimum atomic E-state index is 0. The van der Waals surface area contributed by atoms with Crippen LogP contribution in [0.25, 0.3) is 0 Å². The molecular weight excluding hydrogens is 453 g/mol. The fraction of sp³-hybridized carbons (Fsp3) is 0.647. The molecule has 1 atom stereocenters. The Bertz CT molecular complexity index is 532. The Balaban J connectivity index is 0.00000312. The van der Waals surface area contributed by atoms with Gasteiger partial charge in [0.1, 0.15) is 5.82 Å². The minimum absolute atomic E-state index is 0. The zero-order chi connectivity index (χ0) is 17.2. The standard InChI is InChI=1S/C17H28ClN5O.HI/c1-19-17(21-9-4-3-5-12-24-2)22-14-8-11-23(13-14)16-15(18)7-6-10-20-16;/h6-7,10,14H,3-5,8-9,11-13H2,1-2H3,(H2,19,21,22);1H. The second-order valence-corrected chi connectivity index (χ2v) is 6.34. The molecular formula is C17H29ClIN5O. The summed E-state index contributed by atoms with van der Waals surface area (Å²) < 4.78 is 5.06. The zero-order valence-corrected chi connectivity index (χ0v) is 18.1. The number of hydrogen-bond donors (Lipinski definition) is 2. The highest BCUT2D eigenvalue weighted by Gasteiger charge is 2.25. The molecule has 1 fully saturated rings. The van der Waals surface area contributed by atoms with Crippen molar-refractivity contribution in [2.24, 2.45) is 4.99 Å². The molecule has 1 aliphatic rings. The first-order chi connectivity index (χ1) is 11.7. The maximum atomic E-state index is 6.24. The van der Waals surface area contributed by atoms with E-state index in [1.807, 2.05) is 19.2 Å². The average molecular weight is 482 g/mol. The lowest BCUT2D eigenvalue weighted by Gasteiger charge is -2.20. The first-order valence-electron chi connectivity index (χ1n) is 8.56. The number of guanidine groups is 1. The number of rotatable bonds is 8. The number of unbranched alkanes of at least 4 members (excludes halogenated alkanes) is 2. The van der Waals surface area contributed by atoms with Crippen LogP contribution >= 0.6 is 35.6 Å². The van der Waals surface area contributed by atoms with E-state index in [1.165, 1.54) is 0 Å². The van der Waals surface area contributed by atoms with E-state index in [2.05, 4.69) is 25.5 Å². The summed E-state index contributed by atoms with van der Waals surface area (Å²) in [5.41, 5.74) is 0. The number of aliphatic imine (C=N–C) groups is 1. The molecule has 0 bridgehead atoms. The van der Waals surface area contributed by atoms with Gasteiger partial charge in [-0.3, -0.25) is 4.99 Å². The molecule has 2 N–H and O–H groups in total. The molecule has 1 aromatic heterocycles. The van der Waals surface area contributed by atoms with E-state index in [4.69, 9.17) is 16.3 Å². The minimum Gasteiger partial charge on any atom is -0.385 e. The zero-order valence-electron chi connectivity index (χ0n) is 15.0. The smallest absolute Gasteiger partial charge is 0.191 e. The van der Waals surface area contributed by atoms with E-state index < -0.39 is 0 Å². The lowest BCUT2D eigenvalue weighted by Crippen LogP contribution is -2.44. The van der Waals surface area contributed by atoms with E-state index in [1.54, 1.807) is 13.3 Å². The second kappa shape index (κ2) is 12.5. The van der Waals surface area contributed by atoms with Gasteiger partial charge in [-0.15, -0.1) is 24.0 Å². The SMILES string of the molecule is CN=C(NCCCCCOC)NC1CCN(c2ncccc2Cl)C1.I. The summed E-state index contributed by atoms with van der Waals surface area (Å²) in [6.07, 6.45) is 6.21. The van der Waals surface area contributed by atoms with E-state index in [-0.39, 0.29) is 24.0 Å².